The lowest BCUT2D eigenvalue weighted by Crippen LogP contribution is -2.29. The first-order valence-electron chi connectivity index (χ1n) is 10.6. The molecule has 0 saturated carbocycles. The van der Waals surface area contributed by atoms with Crippen molar-refractivity contribution in [2.45, 2.75) is 52.2 Å². The van der Waals surface area contributed by atoms with Crippen molar-refractivity contribution >= 4 is 30.7 Å². The van der Waals surface area contributed by atoms with E-state index in [1.54, 1.807) is 6.20 Å². The van der Waals surface area contributed by atoms with Crippen LogP contribution in [-0.2, 0) is 24.3 Å². The molecule has 0 aliphatic carbocycles. The fourth-order valence-electron chi connectivity index (χ4n) is 3.87. The molecule has 3 heterocycles. The highest BCUT2D eigenvalue weighted by Gasteiger charge is 2.18. The number of fused-ring (bicyclic) bond motifs is 1. The van der Waals surface area contributed by atoms with Crippen LogP contribution in [0.3, 0.4) is 0 Å². The molecule has 172 valence electrons. The zero-order chi connectivity index (χ0) is 20.9. The number of aromatic nitrogens is 3. The van der Waals surface area contributed by atoms with Crippen LogP contribution in [0.4, 0.5) is 0 Å². The zero-order valence-electron chi connectivity index (χ0n) is 18.5. The molecule has 1 amide bonds. The summed E-state index contributed by atoms with van der Waals surface area (Å²) in [5.41, 5.74) is 6.68. The molecule has 1 aliphatic rings. The maximum absolute atomic E-state index is 12.8. The fourth-order valence-corrected chi connectivity index (χ4v) is 3.87. The summed E-state index contributed by atoms with van der Waals surface area (Å²) >= 11 is 0. The molecule has 0 saturated heterocycles. The first-order valence-corrected chi connectivity index (χ1v) is 10.6. The quantitative estimate of drug-likeness (QED) is 0.563. The molecule has 3 aromatic rings. The van der Waals surface area contributed by atoms with Gasteiger partial charge in [-0.15, -0.1) is 24.8 Å². The van der Waals surface area contributed by atoms with Crippen LogP contribution in [0.2, 0.25) is 0 Å². The van der Waals surface area contributed by atoms with Crippen molar-refractivity contribution in [2.24, 2.45) is 0 Å². The molecule has 0 radical (unpaired) electrons. The Balaban J connectivity index is 0.00000181. The largest absolute Gasteiger partial charge is 0.345 e. The van der Waals surface area contributed by atoms with Gasteiger partial charge in [0.2, 0.25) is 5.91 Å². The Bertz CT molecular complexity index is 999. The highest BCUT2D eigenvalue weighted by molar-refractivity contribution is 5.85. The van der Waals surface area contributed by atoms with Gasteiger partial charge >= 0.3 is 0 Å². The maximum atomic E-state index is 12.8. The third-order valence-corrected chi connectivity index (χ3v) is 5.74. The normalized spacial score (nSPS) is 13.7. The number of hydrogen-bond donors (Lipinski definition) is 2. The van der Waals surface area contributed by atoms with E-state index in [1.165, 1.54) is 16.8 Å². The van der Waals surface area contributed by atoms with Crippen molar-refractivity contribution in [2.75, 3.05) is 6.54 Å². The molecule has 4 rings (SSSR count). The first-order chi connectivity index (χ1) is 14.6. The number of nitrogens with zero attached hydrogens (tertiary/aromatic N) is 3. The number of rotatable bonds is 6. The second-order valence-electron chi connectivity index (χ2n) is 8.01. The van der Waals surface area contributed by atoms with Crippen LogP contribution >= 0.6 is 24.8 Å². The molecule has 1 aromatic carbocycles. The predicted molar refractivity (Wildman–Crippen MR) is 132 cm³/mol. The SMILES string of the molecule is Cc1ccc(C(NC(=O)CCc2cc3n(n2)CCCNC3)c2cccnc2)cc1C.Cl.Cl. The summed E-state index contributed by atoms with van der Waals surface area (Å²) < 4.78 is 2.07. The van der Waals surface area contributed by atoms with E-state index in [0.717, 1.165) is 42.9 Å². The van der Waals surface area contributed by atoms with Gasteiger partial charge in [-0.05, 0) is 61.2 Å². The van der Waals surface area contributed by atoms with Crippen molar-refractivity contribution in [3.8, 4) is 0 Å². The molecule has 0 spiro atoms. The Labute approximate surface area is 202 Å². The molecular weight excluding hydrogens is 445 g/mol. The minimum Gasteiger partial charge on any atom is -0.345 e. The lowest BCUT2D eigenvalue weighted by molar-refractivity contribution is -0.121. The van der Waals surface area contributed by atoms with Gasteiger partial charge in [0.05, 0.1) is 17.4 Å². The van der Waals surface area contributed by atoms with Gasteiger partial charge in [0, 0.05) is 38.3 Å². The molecule has 0 fully saturated rings. The van der Waals surface area contributed by atoms with Crippen molar-refractivity contribution in [1.29, 1.82) is 0 Å². The van der Waals surface area contributed by atoms with E-state index in [1.807, 2.05) is 18.3 Å². The highest BCUT2D eigenvalue weighted by atomic mass is 35.5. The van der Waals surface area contributed by atoms with Crippen LogP contribution in [0, 0.1) is 13.8 Å². The molecule has 2 aromatic heterocycles. The standard InChI is InChI=1S/C24H29N5O.2ClH/c1-17-6-7-19(13-18(17)2)24(20-5-3-10-25-15-20)27-23(30)9-8-21-14-22-16-26-11-4-12-29(22)28-21;;/h3,5-7,10,13-15,24,26H,4,8-9,11-12,16H2,1-2H3,(H,27,30);2*1H. The van der Waals surface area contributed by atoms with Gasteiger partial charge in [0.1, 0.15) is 0 Å². The van der Waals surface area contributed by atoms with Gasteiger partial charge in [-0.25, -0.2) is 0 Å². The average Bonchev–Trinajstić information content (AvgIpc) is 3.02. The van der Waals surface area contributed by atoms with E-state index in [4.69, 9.17) is 0 Å². The van der Waals surface area contributed by atoms with Gasteiger partial charge in [-0.3, -0.25) is 14.5 Å². The molecule has 2 N–H and O–H groups in total. The molecule has 6 nitrogen and oxygen atoms in total. The Hall–Kier alpha value is -2.41. The minimum absolute atomic E-state index is 0. The summed E-state index contributed by atoms with van der Waals surface area (Å²) in [6.45, 7) is 6.99. The number of aryl methyl sites for hydroxylation is 4. The number of amides is 1. The van der Waals surface area contributed by atoms with E-state index in [0.29, 0.717) is 12.8 Å². The molecular formula is C24H31Cl2N5O. The second-order valence-corrected chi connectivity index (χ2v) is 8.01. The number of benzene rings is 1. The molecule has 1 unspecified atom stereocenters. The van der Waals surface area contributed by atoms with E-state index < -0.39 is 0 Å². The monoisotopic (exact) mass is 475 g/mol. The van der Waals surface area contributed by atoms with Gasteiger partial charge in [-0.1, -0.05) is 24.3 Å². The number of pyridine rings is 1. The van der Waals surface area contributed by atoms with Gasteiger partial charge in [-0.2, -0.15) is 5.10 Å². The number of carbonyl (C=O) groups excluding carboxylic acids is 1. The van der Waals surface area contributed by atoms with Gasteiger partial charge in [0.15, 0.2) is 0 Å². The molecule has 1 aliphatic heterocycles. The smallest absolute Gasteiger partial charge is 0.221 e. The van der Waals surface area contributed by atoms with Gasteiger partial charge in [0.25, 0.3) is 0 Å². The number of halogens is 2. The number of hydrogen-bond acceptors (Lipinski definition) is 4. The number of carbonyl (C=O) groups is 1. The molecule has 8 heteroatoms. The molecule has 0 bridgehead atoms. The summed E-state index contributed by atoms with van der Waals surface area (Å²) in [6, 6.07) is 12.1. The third kappa shape index (κ3) is 6.31. The van der Waals surface area contributed by atoms with Gasteiger partial charge < -0.3 is 10.6 Å². The van der Waals surface area contributed by atoms with Crippen molar-refractivity contribution in [3.05, 3.63) is 82.4 Å². The second kappa shape index (κ2) is 12.0. The molecule has 1 atom stereocenters. The van der Waals surface area contributed by atoms with Crippen LogP contribution in [0.5, 0.6) is 0 Å². The topological polar surface area (TPSA) is 71.8 Å². The van der Waals surface area contributed by atoms with Crippen LogP contribution < -0.4 is 10.6 Å². The van der Waals surface area contributed by atoms with Crippen LogP contribution in [0.15, 0.2) is 48.8 Å². The Kier molecular flexibility index (Phi) is 9.69. The van der Waals surface area contributed by atoms with E-state index in [9.17, 15) is 4.79 Å². The zero-order valence-corrected chi connectivity index (χ0v) is 20.1. The van der Waals surface area contributed by atoms with Crippen molar-refractivity contribution in [1.82, 2.24) is 25.4 Å². The first kappa shape index (κ1) is 25.8. The summed E-state index contributed by atoms with van der Waals surface area (Å²) in [4.78, 5) is 17.1. The van der Waals surface area contributed by atoms with Crippen molar-refractivity contribution in [3.63, 3.8) is 0 Å². The summed E-state index contributed by atoms with van der Waals surface area (Å²) in [5.74, 6) is 0.0170. The predicted octanol–water partition coefficient (Wildman–Crippen LogP) is 4.07. The maximum Gasteiger partial charge on any atom is 0.221 e. The van der Waals surface area contributed by atoms with Crippen molar-refractivity contribution < 1.29 is 4.79 Å². The third-order valence-electron chi connectivity index (χ3n) is 5.74. The van der Waals surface area contributed by atoms with Crippen LogP contribution in [0.1, 0.15) is 52.5 Å². The fraction of sp³-hybridized carbons (Fsp3) is 0.375. The highest BCUT2D eigenvalue weighted by Crippen LogP contribution is 2.24. The Morgan fingerprint density at radius 2 is 2.00 bits per heavy atom. The summed E-state index contributed by atoms with van der Waals surface area (Å²) in [7, 11) is 0. The summed E-state index contributed by atoms with van der Waals surface area (Å²) in [5, 5.41) is 11.3. The lowest BCUT2D eigenvalue weighted by atomic mass is 9.96. The van der Waals surface area contributed by atoms with E-state index >= 15 is 0 Å². The minimum atomic E-state index is -0.214. The number of nitrogens with one attached hydrogen (secondary N) is 2. The molecule has 32 heavy (non-hydrogen) atoms. The lowest BCUT2D eigenvalue weighted by Gasteiger charge is -2.20. The van der Waals surface area contributed by atoms with Crippen LogP contribution in [0.25, 0.3) is 0 Å². The Morgan fingerprint density at radius 1 is 1.16 bits per heavy atom. The van der Waals surface area contributed by atoms with E-state index in [2.05, 4.69) is 63.5 Å². The van der Waals surface area contributed by atoms with Crippen LogP contribution in [-0.4, -0.2) is 27.2 Å². The average molecular weight is 476 g/mol. The summed E-state index contributed by atoms with van der Waals surface area (Å²) in [6.07, 6.45) is 5.70. The Morgan fingerprint density at radius 3 is 2.75 bits per heavy atom. The van der Waals surface area contributed by atoms with E-state index in [-0.39, 0.29) is 36.8 Å².